The summed E-state index contributed by atoms with van der Waals surface area (Å²) in [6.45, 7) is 0. The van der Waals surface area contributed by atoms with Crippen LogP contribution in [0.15, 0.2) is 41.0 Å². The fraction of sp³-hybridized carbons (Fsp3) is 0.143. The van der Waals surface area contributed by atoms with Gasteiger partial charge in [0.05, 0.1) is 10.7 Å². The molecule has 0 bridgehead atoms. The Morgan fingerprint density at radius 1 is 1.25 bits per heavy atom. The molecule has 0 atom stereocenters. The van der Waals surface area contributed by atoms with E-state index in [1.54, 1.807) is 6.20 Å². The Hall–Kier alpha value is -1.10. The van der Waals surface area contributed by atoms with Crippen LogP contribution >= 0.6 is 39.1 Å². The summed E-state index contributed by atoms with van der Waals surface area (Å²) >= 11 is 15.6. The lowest BCUT2D eigenvalue weighted by Crippen LogP contribution is -2.03. The molecule has 0 saturated carbocycles. The molecule has 102 valence electrons. The van der Waals surface area contributed by atoms with E-state index in [0.717, 1.165) is 27.1 Å². The lowest BCUT2D eigenvalue weighted by molar-refractivity contribution is 0.905. The summed E-state index contributed by atoms with van der Waals surface area (Å²) in [5.41, 5.74) is 2.47. The lowest BCUT2D eigenvalue weighted by Gasteiger charge is -2.09. The fourth-order valence-corrected chi connectivity index (χ4v) is 2.83. The SMILES string of the molecule is ClCCc1nc2cc(Br)cnc2n1-c1ccccc1Cl. The van der Waals surface area contributed by atoms with Crippen LogP contribution in [0, 0.1) is 0 Å². The van der Waals surface area contributed by atoms with Gasteiger partial charge >= 0.3 is 0 Å². The smallest absolute Gasteiger partial charge is 0.164 e. The van der Waals surface area contributed by atoms with Crippen LogP contribution < -0.4 is 0 Å². The average Bonchev–Trinajstić information content (AvgIpc) is 2.77. The van der Waals surface area contributed by atoms with Crippen molar-refractivity contribution >= 4 is 50.3 Å². The predicted octanol–water partition coefficient (Wildman–Crippen LogP) is 4.62. The van der Waals surface area contributed by atoms with Crippen LogP contribution in [0.5, 0.6) is 0 Å². The van der Waals surface area contributed by atoms with E-state index in [1.165, 1.54) is 0 Å². The van der Waals surface area contributed by atoms with Gasteiger partial charge in [0.25, 0.3) is 0 Å². The van der Waals surface area contributed by atoms with E-state index in [4.69, 9.17) is 23.2 Å². The number of alkyl halides is 1. The molecule has 0 radical (unpaired) electrons. The van der Waals surface area contributed by atoms with Crippen molar-refractivity contribution in [3.63, 3.8) is 0 Å². The first kappa shape index (κ1) is 13.9. The second-order valence-corrected chi connectivity index (χ2v) is 5.95. The number of hydrogen-bond donors (Lipinski definition) is 0. The number of hydrogen-bond acceptors (Lipinski definition) is 2. The maximum absolute atomic E-state index is 6.30. The first-order valence-corrected chi connectivity index (χ1v) is 7.75. The third-order valence-corrected chi connectivity index (χ3v) is 3.89. The van der Waals surface area contributed by atoms with Crippen LogP contribution in [0.1, 0.15) is 5.82 Å². The molecule has 2 heterocycles. The van der Waals surface area contributed by atoms with E-state index < -0.39 is 0 Å². The highest BCUT2D eigenvalue weighted by molar-refractivity contribution is 9.10. The molecule has 6 heteroatoms. The molecule has 0 spiro atoms. The topological polar surface area (TPSA) is 30.7 Å². The second-order valence-electron chi connectivity index (χ2n) is 4.25. The van der Waals surface area contributed by atoms with Crippen LogP contribution in [-0.2, 0) is 6.42 Å². The van der Waals surface area contributed by atoms with Crippen molar-refractivity contribution in [3.8, 4) is 5.69 Å². The number of nitrogens with zero attached hydrogens (tertiary/aromatic N) is 3. The predicted molar refractivity (Wildman–Crippen MR) is 86.0 cm³/mol. The van der Waals surface area contributed by atoms with Gasteiger partial charge in [-0.1, -0.05) is 23.7 Å². The largest absolute Gasteiger partial charge is 0.279 e. The summed E-state index contributed by atoms with van der Waals surface area (Å²) in [4.78, 5) is 9.06. The van der Waals surface area contributed by atoms with Crippen molar-refractivity contribution in [2.75, 3.05) is 5.88 Å². The van der Waals surface area contributed by atoms with E-state index in [1.807, 2.05) is 34.9 Å². The maximum Gasteiger partial charge on any atom is 0.164 e. The van der Waals surface area contributed by atoms with Gasteiger partial charge in [-0.3, -0.25) is 4.57 Å². The number of fused-ring (bicyclic) bond motifs is 1. The Bertz CT molecular complexity index is 770. The van der Waals surface area contributed by atoms with Crippen LogP contribution in [0.2, 0.25) is 5.02 Å². The number of aromatic nitrogens is 3. The highest BCUT2D eigenvalue weighted by Gasteiger charge is 2.15. The number of pyridine rings is 1. The van der Waals surface area contributed by atoms with Gasteiger partial charge in [0, 0.05) is 23.0 Å². The standard InChI is InChI=1S/C14H10BrCl2N3/c15-9-7-11-14(18-8-9)20(13(19-11)5-6-16)12-4-2-1-3-10(12)17/h1-4,7-8H,5-6H2. The highest BCUT2D eigenvalue weighted by Crippen LogP contribution is 2.27. The molecule has 0 fully saturated rings. The summed E-state index contributed by atoms with van der Waals surface area (Å²) in [6.07, 6.45) is 2.41. The minimum Gasteiger partial charge on any atom is -0.279 e. The van der Waals surface area contributed by atoms with Gasteiger partial charge in [-0.15, -0.1) is 11.6 Å². The van der Waals surface area contributed by atoms with Crippen molar-refractivity contribution in [1.82, 2.24) is 14.5 Å². The van der Waals surface area contributed by atoms with E-state index in [9.17, 15) is 0 Å². The van der Waals surface area contributed by atoms with Crippen molar-refractivity contribution in [3.05, 3.63) is 51.8 Å². The second kappa shape index (κ2) is 5.72. The zero-order valence-electron chi connectivity index (χ0n) is 10.4. The third kappa shape index (κ3) is 2.43. The van der Waals surface area contributed by atoms with E-state index in [-0.39, 0.29) is 0 Å². The third-order valence-electron chi connectivity index (χ3n) is 2.94. The van der Waals surface area contributed by atoms with Crippen LogP contribution in [0.4, 0.5) is 0 Å². The molecule has 2 aromatic heterocycles. The molecular formula is C14H10BrCl2N3. The minimum atomic E-state index is 0.495. The Morgan fingerprint density at radius 3 is 2.80 bits per heavy atom. The number of para-hydroxylation sites is 1. The van der Waals surface area contributed by atoms with Gasteiger partial charge in [-0.2, -0.15) is 0 Å². The van der Waals surface area contributed by atoms with Crippen LogP contribution in [0.3, 0.4) is 0 Å². The molecule has 0 aliphatic carbocycles. The van der Waals surface area contributed by atoms with Gasteiger partial charge in [-0.25, -0.2) is 9.97 Å². The Balaban J connectivity index is 2.32. The molecular weight excluding hydrogens is 361 g/mol. The maximum atomic E-state index is 6.30. The molecule has 20 heavy (non-hydrogen) atoms. The lowest BCUT2D eigenvalue weighted by atomic mass is 10.3. The molecule has 3 rings (SSSR count). The molecule has 0 unspecified atom stereocenters. The molecule has 0 saturated heterocycles. The van der Waals surface area contributed by atoms with Crippen LogP contribution in [-0.4, -0.2) is 20.4 Å². The van der Waals surface area contributed by atoms with E-state index >= 15 is 0 Å². The summed E-state index contributed by atoms with van der Waals surface area (Å²) in [5, 5.41) is 0.660. The summed E-state index contributed by atoms with van der Waals surface area (Å²) < 4.78 is 2.86. The van der Waals surface area contributed by atoms with E-state index in [2.05, 4.69) is 25.9 Å². The zero-order chi connectivity index (χ0) is 14.1. The molecule has 3 aromatic rings. The summed E-state index contributed by atoms with van der Waals surface area (Å²) in [7, 11) is 0. The fourth-order valence-electron chi connectivity index (χ4n) is 2.13. The zero-order valence-corrected chi connectivity index (χ0v) is 13.5. The molecule has 0 amide bonds. The van der Waals surface area contributed by atoms with Crippen LogP contribution in [0.25, 0.3) is 16.9 Å². The van der Waals surface area contributed by atoms with Gasteiger partial charge in [0.15, 0.2) is 5.65 Å². The number of imidazole rings is 1. The Labute approximate surface area is 134 Å². The van der Waals surface area contributed by atoms with Crippen molar-refractivity contribution in [2.24, 2.45) is 0 Å². The Kier molecular flexibility index (Phi) is 3.96. The Morgan fingerprint density at radius 2 is 2.05 bits per heavy atom. The first-order valence-electron chi connectivity index (χ1n) is 6.04. The molecule has 3 nitrogen and oxygen atoms in total. The summed E-state index contributed by atoms with van der Waals surface area (Å²) in [5.74, 6) is 1.35. The highest BCUT2D eigenvalue weighted by atomic mass is 79.9. The summed E-state index contributed by atoms with van der Waals surface area (Å²) in [6, 6.07) is 9.58. The van der Waals surface area contributed by atoms with E-state index in [0.29, 0.717) is 17.3 Å². The normalized spacial score (nSPS) is 11.2. The number of benzene rings is 1. The van der Waals surface area contributed by atoms with Crippen molar-refractivity contribution in [2.45, 2.75) is 6.42 Å². The number of aryl methyl sites for hydroxylation is 1. The molecule has 0 N–H and O–H groups in total. The van der Waals surface area contributed by atoms with Gasteiger partial charge in [0.2, 0.25) is 0 Å². The van der Waals surface area contributed by atoms with Crippen molar-refractivity contribution < 1.29 is 0 Å². The molecule has 0 aliphatic heterocycles. The number of rotatable bonds is 3. The van der Waals surface area contributed by atoms with Gasteiger partial charge < -0.3 is 0 Å². The average molecular weight is 371 g/mol. The molecule has 0 aliphatic rings. The van der Waals surface area contributed by atoms with Crippen molar-refractivity contribution in [1.29, 1.82) is 0 Å². The van der Waals surface area contributed by atoms with Gasteiger partial charge in [0.1, 0.15) is 11.3 Å². The molecule has 1 aromatic carbocycles. The first-order chi connectivity index (χ1) is 9.70. The quantitative estimate of drug-likeness (QED) is 0.630. The van der Waals surface area contributed by atoms with Gasteiger partial charge in [-0.05, 0) is 34.1 Å². The monoisotopic (exact) mass is 369 g/mol. The number of halogens is 3. The minimum absolute atomic E-state index is 0.495.